The van der Waals surface area contributed by atoms with Gasteiger partial charge in [0.05, 0.1) is 0 Å². The summed E-state index contributed by atoms with van der Waals surface area (Å²) in [5.41, 5.74) is 7.59. The maximum atomic E-state index is 6.24. The summed E-state index contributed by atoms with van der Waals surface area (Å²) >= 11 is 0. The number of hydrogen-bond acceptors (Lipinski definition) is 2. The second-order valence-electron chi connectivity index (χ2n) is 5.46. The van der Waals surface area contributed by atoms with Gasteiger partial charge in [-0.05, 0) is 37.3 Å². The zero-order valence-electron chi connectivity index (χ0n) is 10.8. The normalized spacial score (nSPS) is 23.5. The molecule has 2 rings (SSSR count). The van der Waals surface area contributed by atoms with Crippen LogP contribution in [0.15, 0.2) is 30.3 Å². The Hall–Kier alpha value is -0.860. The van der Waals surface area contributed by atoms with Crippen molar-refractivity contribution >= 4 is 0 Å². The molecule has 94 valence electrons. The first kappa shape index (κ1) is 12.6. The van der Waals surface area contributed by atoms with Crippen molar-refractivity contribution in [2.24, 2.45) is 11.7 Å². The molecule has 1 aromatic rings. The van der Waals surface area contributed by atoms with Gasteiger partial charge in [-0.15, -0.1) is 0 Å². The van der Waals surface area contributed by atoms with E-state index in [0.29, 0.717) is 0 Å². The van der Waals surface area contributed by atoms with E-state index in [9.17, 15) is 0 Å². The second-order valence-corrected chi connectivity index (χ2v) is 5.46. The summed E-state index contributed by atoms with van der Waals surface area (Å²) in [5.74, 6) is 0.840. The van der Waals surface area contributed by atoms with Gasteiger partial charge in [0.1, 0.15) is 0 Å². The first-order valence-corrected chi connectivity index (χ1v) is 6.76. The van der Waals surface area contributed by atoms with E-state index in [0.717, 1.165) is 18.9 Å². The fourth-order valence-corrected chi connectivity index (χ4v) is 2.77. The van der Waals surface area contributed by atoms with Gasteiger partial charge in [0.2, 0.25) is 0 Å². The third kappa shape index (κ3) is 4.14. The Balaban J connectivity index is 1.79. The van der Waals surface area contributed by atoms with Gasteiger partial charge < -0.3 is 10.6 Å². The quantitative estimate of drug-likeness (QED) is 0.863. The van der Waals surface area contributed by atoms with Crippen LogP contribution in [0.1, 0.15) is 25.3 Å². The fraction of sp³-hybridized carbons (Fsp3) is 0.600. The highest BCUT2D eigenvalue weighted by molar-refractivity contribution is 5.15. The predicted octanol–water partition coefficient (Wildman–Crippen LogP) is 2.29. The molecule has 2 N–H and O–H groups in total. The van der Waals surface area contributed by atoms with Gasteiger partial charge >= 0.3 is 0 Å². The lowest BCUT2D eigenvalue weighted by atomic mass is 9.99. The summed E-state index contributed by atoms with van der Waals surface area (Å²) in [6, 6.07) is 10.8. The largest absolute Gasteiger partial charge is 0.326 e. The van der Waals surface area contributed by atoms with Crippen LogP contribution in [-0.2, 0) is 6.42 Å². The second kappa shape index (κ2) is 6.18. The molecule has 1 fully saturated rings. The lowest BCUT2D eigenvalue weighted by Crippen LogP contribution is -2.43. The molecule has 2 atom stereocenters. The highest BCUT2D eigenvalue weighted by atomic mass is 15.1. The average molecular weight is 232 g/mol. The third-order valence-electron chi connectivity index (χ3n) is 3.57. The van der Waals surface area contributed by atoms with Crippen LogP contribution in [0.5, 0.6) is 0 Å². The molecule has 1 aromatic carbocycles. The van der Waals surface area contributed by atoms with E-state index in [-0.39, 0.29) is 6.04 Å². The Morgan fingerprint density at radius 3 is 2.82 bits per heavy atom. The number of piperidine rings is 1. The number of likely N-dealkylation sites (tertiary alicyclic amines) is 1. The van der Waals surface area contributed by atoms with Crippen LogP contribution in [-0.4, -0.2) is 30.6 Å². The maximum absolute atomic E-state index is 6.24. The predicted molar refractivity (Wildman–Crippen MR) is 73.0 cm³/mol. The van der Waals surface area contributed by atoms with Gasteiger partial charge in [-0.3, -0.25) is 0 Å². The van der Waals surface area contributed by atoms with Gasteiger partial charge in [-0.25, -0.2) is 0 Å². The lowest BCUT2D eigenvalue weighted by molar-refractivity contribution is 0.174. The molecule has 2 heteroatoms. The minimum Gasteiger partial charge on any atom is -0.326 e. The van der Waals surface area contributed by atoms with Crippen molar-refractivity contribution in [3.8, 4) is 0 Å². The Bertz CT molecular complexity index is 323. The number of hydrogen-bond donors (Lipinski definition) is 1. The Kier molecular flexibility index (Phi) is 4.57. The van der Waals surface area contributed by atoms with Crippen LogP contribution >= 0.6 is 0 Å². The standard InChI is InChI=1S/C15H24N2/c1-13-6-5-9-17(11-13)12-15(16)10-14-7-3-2-4-8-14/h2-4,7-8,13,15H,5-6,9-12,16H2,1H3. The smallest absolute Gasteiger partial charge is 0.0208 e. The SMILES string of the molecule is CC1CCCN(CC(N)Cc2ccccc2)C1. The Morgan fingerprint density at radius 1 is 1.35 bits per heavy atom. The highest BCUT2D eigenvalue weighted by Crippen LogP contribution is 2.15. The van der Waals surface area contributed by atoms with E-state index < -0.39 is 0 Å². The van der Waals surface area contributed by atoms with E-state index >= 15 is 0 Å². The van der Waals surface area contributed by atoms with Gasteiger partial charge in [-0.2, -0.15) is 0 Å². The highest BCUT2D eigenvalue weighted by Gasteiger charge is 2.18. The summed E-state index contributed by atoms with van der Waals surface area (Å²) in [7, 11) is 0. The van der Waals surface area contributed by atoms with Crippen LogP contribution in [0.2, 0.25) is 0 Å². The molecule has 2 unspecified atom stereocenters. The van der Waals surface area contributed by atoms with Crippen LogP contribution in [0.25, 0.3) is 0 Å². The van der Waals surface area contributed by atoms with Gasteiger partial charge in [0.15, 0.2) is 0 Å². The Morgan fingerprint density at radius 2 is 2.12 bits per heavy atom. The fourth-order valence-electron chi connectivity index (χ4n) is 2.77. The van der Waals surface area contributed by atoms with E-state index in [1.807, 2.05) is 0 Å². The zero-order chi connectivity index (χ0) is 12.1. The first-order chi connectivity index (χ1) is 8.24. The molecule has 0 amide bonds. The molecule has 1 heterocycles. The van der Waals surface area contributed by atoms with Crippen molar-refractivity contribution in [1.82, 2.24) is 4.90 Å². The van der Waals surface area contributed by atoms with E-state index in [1.54, 1.807) is 0 Å². The molecule has 0 aliphatic carbocycles. The van der Waals surface area contributed by atoms with Crippen LogP contribution < -0.4 is 5.73 Å². The molecule has 0 spiro atoms. The third-order valence-corrected chi connectivity index (χ3v) is 3.57. The molecule has 1 saturated heterocycles. The molecule has 1 aliphatic heterocycles. The van der Waals surface area contributed by atoms with Crippen LogP contribution in [0, 0.1) is 5.92 Å². The summed E-state index contributed by atoms with van der Waals surface area (Å²) in [5, 5.41) is 0. The van der Waals surface area contributed by atoms with Crippen LogP contribution in [0.4, 0.5) is 0 Å². The summed E-state index contributed by atoms with van der Waals surface area (Å²) < 4.78 is 0. The van der Waals surface area contributed by atoms with Crippen molar-refractivity contribution in [3.63, 3.8) is 0 Å². The van der Waals surface area contributed by atoms with Crippen molar-refractivity contribution in [2.45, 2.75) is 32.2 Å². The molecule has 2 nitrogen and oxygen atoms in total. The molecular weight excluding hydrogens is 208 g/mol. The van der Waals surface area contributed by atoms with Gasteiger partial charge in [-0.1, -0.05) is 37.3 Å². The first-order valence-electron chi connectivity index (χ1n) is 6.76. The van der Waals surface area contributed by atoms with Crippen LogP contribution in [0.3, 0.4) is 0 Å². The molecule has 0 saturated carbocycles. The summed E-state index contributed by atoms with van der Waals surface area (Å²) in [6.45, 7) is 5.84. The van der Waals surface area contributed by atoms with Gasteiger partial charge in [0.25, 0.3) is 0 Å². The molecule has 0 aromatic heterocycles. The maximum Gasteiger partial charge on any atom is 0.0208 e. The number of nitrogens with zero attached hydrogens (tertiary/aromatic N) is 1. The summed E-state index contributed by atoms with van der Waals surface area (Å²) in [6.07, 6.45) is 3.70. The lowest BCUT2D eigenvalue weighted by Gasteiger charge is -2.32. The number of benzene rings is 1. The van der Waals surface area contributed by atoms with Gasteiger partial charge in [0, 0.05) is 19.1 Å². The van der Waals surface area contributed by atoms with E-state index in [2.05, 4.69) is 42.2 Å². The Labute approximate surface area is 105 Å². The van der Waals surface area contributed by atoms with Crippen molar-refractivity contribution in [2.75, 3.05) is 19.6 Å². The number of rotatable bonds is 4. The van der Waals surface area contributed by atoms with Crippen molar-refractivity contribution in [1.29, 1.82) is 0 Å². The number of nitrogens with two attached hydrogens (primary N) is 1. The minimum atomic E-state index is 0.266. The molecule has 17 heavy (non-hydrogen) atoms. The van der Waals surface area contributed by atoms with E-state index in [1.165, 1.54) is 31.5 Å². The molecule has 0 radical (unpaired) electrons. The topological polar surface area (TPSA) is 29.3 Å². The molecule has 0 bridgehead atoms. The van der Waals surface area contributed by atoms with Crippen molar-refractivity contribution in [3.05, 3.63) is 35.9 Å². The van der Waals surface area contributed by atoms with E-state index in [4.69, 9.17) is 5.73 Å². The zero-order valence-corrected chi connectivity index (χ0v) is 10.8. The minimum absolute atomic E-state index is 0.266. The summed E-state index contributed by atoms with van der Waals surface area (Å²) in [4.78, 5) is 2.53. The molecule has 1 aliphatic rings. The molecular formula is C15H24N2. The monoisotopic (exact) mass is 232 g/mol. The van der Waals surface area contributed by atoms with Crippen molar-refractivity contribution < 1.29 is 0 Å². The average Bonchev–Trinajstić information content (AvgIpc) is 2.30.